The van der Waals surface area contributed by atoms with E-state index < -0.39 is 8.07 Å². The SMILES string of the molecule is CC(C)Cc1cc(-c2[c-]cc(C(C)(C)C)cc2)ncc1[Si](C)(C)C.CCn1c(-c2[c-]ccc3c2oc2ccccc23)nc2ccccc21.[Ir]. The van der Waals surface area contributed by atoms with E-state index in [0.717, 1.165) is 68.6 Å². The zero-order valence-electron chi connectivity index (χ0n) is 30.2. The van der Waals surface area contributed by atoms with Gasteiger partial charge in [0.25, 0.3) is 0 Å². The van der Waals surface area contributed by atoms with Gasteiger partial charge in [-0.25, -0.2) is 0 Å². The molecule has 6 heteroatoms. The first-order valence-electron chi connectivity index (χ1n) is 17.1. The molecule has 7 aromatic rings. The summed E-state index contributed by atoms with van der Waals surface area (Å²) in [6.45, 7) is 21.5. The number of para-hydroxylation sites is 3. The molecule has 3 heterocycles. The quantitative estimate of drug-likeness (QED) is 0.124. The monoisotopic (exact) mass is 842 g/mol. The number of hydrogen-bond acceptors (Lipinski definition) is 3. The number of aryl methyl sites for hydroxylation is 1. The van der Waals surface area contributed by atoms with E-state index >= 15 is 0 Å². The van der Waals surface area contributed by atoms with Gasteiger partial charge < -0.3 is 14.0 Å². The van der Waals surface area contributed by atoms with Crippen LogP contribution in [-0.2, 0) is 38.5 Å². The van der Waals surface area contributed by atoms with Crippen LogP contribution in [-0.4, -0.2) is 22.6 Å². The zero-order valence-corrected chi connectivity index (χ0v) is 33.6. The number of hydrogen-bond donors (Lipinski definition) is 0. The fourth-order valence-corrected chi connectivity index (χ4v) is 8.01. The Morgan fingerprint density at radius 1 is 0.898 bits per heavy atom. The van der Waals surface area contributed by atoms with Gasteiger partial charge >= 0.3 is 0 Å². The molecule has 3 aromatic heterocycles. The van der Waals surface area contributed by atoms with Crippen molar-refractivity contribution < 1.29 is 24.5 Å². The zero-order chi connectivity index (χ0) is 34.2. The van der Waals surface area contributed by atoms with Crippen molar-refractivity contribution in [3.05, 3.63) is 114 Å². The van der Waals surface area contributed by atoms with Crippen LogP contribution in [0, 0.1) is 18.1 Å². The Kier molecular flexibility index (Phi) is 10.8. The van der Waals surface area contributed by atoms with Crippen LogP contribution in [0.5, 0.6) is 0 Å². The molecule has 0 spiro atoms. The van der Waals surface area contributed by atoms with Crippen LogP contribution < -0.4 is 5.19 Å². The largest absolute Gasteiger partial charge is 0.501 e. The number of furan rings is 1. The number of rotatable bonds is 6. The van der Waals surface area contributed by atoms with Crippen molar-refractivity contribution in [2.24, 2.45) is 5.92 Å². The second-order valence-electron chi connectivity index (χ2n) is 15.2. The van der Waals surface area contributed by atoms with E-state index in [1.807, 2.05) is 42.5 Å². The number of nitrogens with zero attached hydrogens (tertiary/aromatic N) is 3. The van der Waals surface area contributed by atoms with Crippen molar-refractivity contribution in [1.82, 2.24) is 14.5 Å². The molecule has 0 fully saturated rings. The van der Waals surface area contributed by atoms with Crippen LogP contribution in [0.2, 0.25) is 19.6 Å². The molecule has 1 radical (unpaired) electrons. The molecular weight excluding hydrogens is 795 g/mol. The number of benzene rings is 4. The number of pyridine rings is 1. The molecule has 0 saturated carbocycles. The van der Waals surface area contributed by atoms with Gasteiger partial charge in [-0.15, -0.1) is 53.6 Å². The number of fused-ring (bicyclic) bond motifs is 4. The molecular formula is C43H47IrN3OSi-2. The van der Waals surface area contributed by atoms with Crippen molar-refractivity contribution in [1.29, 1.82) is 0 Å². The van der Waals surface area contributed by atoms with Gasteiger partial charge in [-0.05, 0) is 53.8 Å². The van der Waals surface area contributed by atoms with Crippen LogP contribution >= 0.6 is 0 Å². The van der Waals surface area contributed by atoms with E-state index in [4.69, 9.17) is 14.4 Å². The van der Waals surface area contributed by atoms with Gasteiger partial charge in [0.05, 0.1) is 30.5 Å². The fraction of sp³-hybridized carbons (Fsp3) is 0.302. The Morgan fingerprint density at radius 2 is 1.63 bits per heavy atom. The Labute approximate surface area is 306 Å². The van der Waals surface area contributed by atoms with Gasteiger partial charge in [0, 0.05) is 38.2 Å². The third-order valence-electron chi connectivity index (χ3n) is 8.91. The summed E-state index contributed by atoms with van der Waals surface area (Å²) in [5.41, 5.74) is 9.89. The maximum absolute atomic E-state index is 6.15. The molecule has 0 aliphatic carbocycles. The Morgan fingerprint density at radius 3 is 2.31 bits per heavy atom. The first-order chi connectivity index (χ1) is 22.8. The molecule has 0 amide bonds. The summed E-state index contributed by atoms with van der Waals surface area (Å²) in [4.78, 5) is 9.62. The van der Waals surface area contributed by atoms with Gasteiger partial charge in [-0.3, -0.25) is 4.98 Å². The van der Waals surface area contributed by atoms with Gasteiger partial charge in [0.2, 0.25) is 0 Å². The van der Waals surface area contributed by atoms with Gasteiger partial charge in [-0.2, -0.15) is 0 Å². The molecule has 0 bridgehead atoms. The summed E-state index contributed by atoms with van der Waals surface area (Å²) < 4.78 is 8.36. The van der Waals surface area contributed by atoms with Crippen LogP contribution in [0.4, 0.5) is 0 Å². The molecule has 49 heavy (non-hydrogen) atoms. The summed E-state index contributed by atoms with van der Waals surface area (Å²) >= 11 is 0. The van der Waals surface area contributed by atoms with E-state index in [0.29, 0.717) is 5.92 Å². The summed E-state index contributed by atoms with van der Waals surface area (Å²) in [5, 5.41) is 3.72. The smallest absolute Gasteiger partial charge is 0.120 e. The minimum Gasteiger partial charge on any atom is -0.501 e. The molecule has 7 rings (SSSR count). The Bertz CT molecular complexity index is 2200. The summed E-state index contributed by atoms with van der Waals surface area (Å²) in [6.07, 6.45) is 3.25. The van der Waals surface area contributed by atoms with Crippen molar-refractivity contribution in [2.75, 3.05) is 0 Å². The molecule has 0 atom stereocenters. The normalized spacial score (nSPS) is 12.0. The van der Waals surface area contributed by atoms with E-state index in [1.54, 1.807) is 0 Å². The van der Waals surface area contributed by atoms with E-state index in [1.165, 1.54) is 16.3 Å². The van der Waals surface area contributed by atoms with Crippen LogP contribution in [0.3, 0.4) is 0 Å². The standard InChI is InChI=1S/C22H32NSi.C21H15N2O.Ir/c1-16(2)13-18-14-20(23-15-21(18)24(6,7)8)17-9-11-19(12-10-17)22(3,4)5;1-2-23-18-12-5-4-11-17(18)22-21(23)16-10-7-9-15-14-8-3-6-13-19(14)24-20(15)16;/h9,11-12,14-16H,13H2,1-8H3;3-9,11-13H,2H2,1H3;/q2*-1;. The predicted molar refractivity (Wildman–Crippen MR) is 206 cm³/mol. The summed E-state index contributed by atoms with van der Waals surface area (Å²) in [6, 6.07) is 35.9. The second kappa shape index (κ2) is 14.6. The fourth-order valence-electron chi connectivity index (χ4n) is 6.42. The molecule has 0 unspecified atom stereocenters. The maximum atomic E-state index is 6.15. The van der Waals surface area contributed by atoms with Crippen molar-refractivity contribution in [3.8, 4) is 22.6 Å². The Hall–Kier alpha value is -3.83. The Balaban J connectivity index is 0.000000187. The van der Waals surface area contributed by atoms with Crippen LogP contribution in [0.1, 0.15) is 52.7 Å². The van der Waals surface area contributed by atoms with E-state index in [-0.39, 0.29) is 25.5 Å². The first-order valence-corrected chi connectivity index (χ1v) is 20.6. The molecule has 4 nitrogen and oxygen atoms in total. The predicted octanol–water partition coefficient (Wildman–Crippen LogP) is 11.0. The first kappa shape index (κ1) is 36.4. The maximum Gasteiger partial charge on any atom is 0.120 e. The van der Waals surface area contributed by atoms with Gasteiger partial charge in [0.1, 0.15) is 5.58 Å². The van der Waals surface area contributed by atoms with Crippen molar-refractivity contribution >= 4 is 46.2 Å². The summed E-state index contributed by atoms with van der Waals surface area (Å²) in [5.74, 6) is 1.56. The number of aromatic nitrogens is 3. The van der Waals surface area contributed by atoms with Crippen molar-refractivity contribution in [2.45, 2.75) is 79.6 Å². The van der Waals surface area contributed by atoms with Gasteiger partial charge in [-0.1, -0.05) is 107 Å². The molecule has 4 aromatic carbocycles. The minimum absolute atomic E-state index is 0. The van der Waals surface area contributed by atoms with Crippen LogP contribution in [0.15, 0.2) is 95.5 Å². The average Bonchev–Trinajstić information content (AvgIpc) is 3.62. The molecule has 255 valence electrons. The third-order valence-corrected chi connectivity index (χ3v) is 11.0. The molecule has 0 aliphatic rings. The number of imidazole rings is 1. The minimum atomic E-state index is -1.38. The third kappa shape index (κ3) is 7.67. The molecule has 0 N–H and O–H groups in total. The summed E-state index contributed by atoms with van der Waals surface area (Å²) in [7, 11) is -1.38. The topological polar surface area (TPSA) is 43.9 Å². The molecule has 0 aliphatic heterocycles. The van der Waals surface area contributed by atoms with Crippen molar-refractivity contribution in [3.63, 3.8) is 0 Å². The van der Waals surface area contributed by atoms with Crippen LogP contribution in [0.25, 0.3) is 55.6 Å². The molecule has 0 saturated heterocycles. The van der Waals surface area contributed by atoms with E-state index in [9.17, 15) is 0 Å². The second-order valence-corrected chi connectivity index (χ2v) is 20.2. The average molecular weight is 842 g/mol. The van der Waals surface area contributed by atoms with Gasteiger partial charge in [0.15, 0.2) is 0 Å². The van der Waals surface area contributed by atoms with E-state index in [2.05, 4.69) is 127 Å².